The number of aliphatic carboxylic acids is 1. The number of hydrogen-bond acceptors (Lipinski definition) is 4. The van der Waals surface area contributed by atoms with E-state index in [0.717, 1.165) is 0 Å². The molecule has 5 heteroatoms. The summed E-state index contributed by atoms with van der Waals surface area (Å²) in [5, 5.41) is 19.5. The third-order valence-electron chi connectivity index (χ3n) is 3.09. The minimum absolute atomic E-state index is 0.294. The highest BCUT2D eigenvalue weighted by Crippen LogP contribution is 2.39. The van der Waals surface area contributed by atoms with Crippen molar-refractivity contribution < 1.29 is 15.0 Å². The Bertz CT molecular complexity index is 413. The van der Waals surface area contributed by atoms with E-state index in [2.05, 4.69) is 9.97 Å². The second-order valence-electron chi connectivity index (χ2n) is 4.49. The molecule has 0 radical (unpaired) electrons. The van der Waals surface area contributed by atoms with Crippen molar-refractivity contribution in [3.8, 4) is 0 Å². The van der Waals surface area contributed by atoms with E-state index in [1.807, 2.05) is 0 Å². The molecule has 0 aliphatic rings. The summed E-state index contributed by atoms with van der Waals surface area (Å²) in [6.07, 6.45) is 2.94. The van der Waals surface area contributed by atoms with Crippen molar-refractivity contribution in [1.82, 2.24) is 9.97 Å². The third kappa shape index (κ3) is 1.78. The molecule has 0 spiro atoms. The Morgan fingerprint density at radius 3 is 2.19 bits per heavy atom. The van der Waals surface area contributed by atoms with Gasteiger partial charge in [0.15, 0.2) is 0 Å². The molecule has 2 N–H and O–H groups in total. The van der Waals surface area contributed by atoms with Crippen molar-refractivity contribution in [1.29, 1.82) is 0 Å². The molecule has 88 valence electrons. The van der Waals surface area contributed by atoms with Crippen LogP contribution in [0.3, 0.4) is 0 Å². The van der Waals surface area contributed by atoms with Crippen LogP contribution in [0.4, 0.5) is 0 Å². The first kappa shape index (κ1) is 12.6. The molecule has 0 aliphatic heterocycles. The van der Waals surface area contributed by atoms with Crippen LogP contribution in [-0.2, 0) is 10.4 Å². The zero-order valence-electron chi connectivity index (χ0n) is 9.85. The first-order valence-corrected chi connectivity index (χ1v) is 4.95. The second-order valence-corrected chi connectivity index (χ2v) is 4.49. The molecule has 1 heterocycles. The van der Waals surface area contributed by atoms with Gasteiger partial charge in [-0.25, -0.2) is 0 Å². The smallest absolute Gasteiger partial charge is 0.312 e. The Morgan fingerprint density at radius 2 is 1.75 bits per heavy atom. The van der Waals surface area contributed by atoms with Gasteiger partial charge < -0.3 is 10.2 Å². The fourth-order valence-electron chi connectivity index (χ4n) is 1.39. The number of aryl methyl sites for hydroxylation is 1. The second kappa shape index (κ2) is 3.83. The largest absolute Gasteiger partial charge is 0.481 e. The number of rotatable bonds is 3. The molecule has 1 atom stereocenters. The maximum absolute atomic E-state index is 11.1. The predicted molar refractivity (Wildman–Crippen MR) is 57.8 cm³/mol. The fourth-order valence-corrected chi connectivity index (χ4v) is 1.39. The molecule has 0 saturated carbocycles. The van der Waals surface area contributed by atoms with Crippen molar-refractivity contribution in [2.24, 2.45) is 5.41 Å². The van der Waals surface area contributed by atoms with Gasteiger partial charge in [-0.2, -0.15) is 0 Å². The molecule has 1 aromatic heterocycles. The van der Waals surface area contributed by atoms with Gasteiger partial charge in [-0.3, -0.25) is 14.8 Å². The van der Waals surface area contributed by atoms with E-state index in [1.54, 1.807) is 6.92 Å². The van der Waals surface area contributed by atoms with Gasteiger partial charge in [-0.05, 0) is 27.7 Å². The van der Waals surface area contributed by atoms with Gasteiger partial charge in [-0.15, -0.1) is 0 Å². The Morgan fingerprint density at radius 1 is 1.25 bits per heavy atom. The van der Waals surface area contributed by atoms with E-state index < -0.39 is 17.0 Å². The number of carboxylic acid groups (broad SMARTS) is 1. The molecule has 0 saturated heterocycles. The van der Waals surface area contributed by atoms with E-state index in [-0.39, 0.29) is 0 Å². The van der Waals surface area contributed by atoms with Crippen molar-refractivity contribution in [2.75, 3.05) is 0 Å². The van der Waals surface area contributed by atoms with E-state index in [0.29, 0.717) is 11.4 Å². The molecular weight excluding hydrogens is 208 g/mol. The average Bonchev–Trinajstić information content (AvgIpc) is 2.17. The minimum atomic E-state index is -1.57. The molecular formula is C11H16N2O3. The summed E-state index contributed by atoms with van der Waals surface area (Å²) in [5.74, 6) is -1.08. The molecule has 1 unspecified atom stereocenters. The fraction of sp³-hybridized carbons (Fsp3) is 0.545. The van der Waals surface area contributed by atoms with Crippen LogP contribution in [0.2, 0.25) is 0 Å². The number of aliphatic hydroxyl groups is 1. The Labute approximate surface area is 94.2 Å². The van der Waals surface area contributed by atoms with Crippen LogP contribution in [0.15, 0.2) is 12.4 Å². The summed E-state index contributed by atoms with van der Waals surface area (Å²) in [4.78, 5) is 19.2. The van der Waals surface area contributed by atoms with E-state index in [1.165, 1.54) is 33.2 Å². The maximum Gasteiger partial charge on any atom is 0.312 e. The predicted octanol–water partition coefficient (Wildman–Crippen LogP) is 1.10. The van der Waals surface area contributed by atoms with Gasteiger partial charge in [0.1, 0.15) is 5.60 Å². The van der Waals surface area contributed by atoms with Gasteiger partial charge in [0.2, 0.25) is 0 Å². The highest BCUT2D eigenvalue weighted by Gasteiger charge is 2.48. The van der Waals surface area contributed by atoms with E-state index in [9.17, 15) is 9.90 Å². The Balaban J connectivity index is 3.32. The highest BCUT2D eigenvalue weighted by atomic mass is 16.4. The molecule has 0 aromatic carbocycles. The molecule has 16 heavy (non-hydrogen) atoms. The Kier molecular flexibility index (Phi) is 3.01. The number of hydrogen-bond donors (Lipinski definition) is 2. The van der Waals surface area contributed by atoms with E-state index >= 15 is 0 Å². The lowest BCUT2D eigenvalue weighted by molar-refractivity contribution is -0.164. The van der Waals surface area contributed by atoms with Crippen molar-refractivity contribution in [2.45, 2.75) is 33.3 Å². The number of carbonyl (C=O) groups is 1. The number of carboxylic acids is 1. The van der Waals surface area contributed by atoms with Gasteiger partial charge in [0.05, 0.1) is 16.8 Å². The molecule has 0 amide bonds. The van der Waals surface area contributed by atoms with Crippen molar-refractivity contribution in [3.63, 3.8) is 0 Å². The quantitative estimate of drug-likeness (QED) is 0.803. The van der Waals surface area contributed by atoms with Crippen molar-refractivity contribution >= 4 is 5.97 Å². The SMILES string of the molecule is Cc1nccnc1C(C)(O)C(C)(C)C(=O)O. The van der Waals surface area contributed by atoms with Crippen LogP contribution >= 0.6 is 0 Å². The Hall–Kier alpha value is -1.49. The topological polar surface area (TPSA) is 83.3 Å². The van der Waals surface area contributed by atoms with Gasteiger partial charge >= 0.3 is 5.97 Å². The maximum atomic E-state index is 11.1. The minimum Gasteiger partial charge on any atom is -0.481 e. The van der Waals surface area contributed by atoms with Crippen LogP contribution in [0.5, 0.6) is 0 Å². The lowest BCUT2D eigenvalue weighted by Gasteiger charge is -2.36. The summed E-state index contributed by atoms with van der Waals surface area (Å²) >= 11 is 0. The summed E-state index contributed by atoms with van der Waals surface area (Å²) in [7, 11) is 0. The lowest BCUT2D eigenvalue weighted by Crippen LogP contribution is -2.46. The van der Waals surface area contributed by atoms with Crippen LogP contribution in [-0.4, -0.2) is 26.2 Å². The van der Waals surface area contributed by atoms with Crippen molar-refractivity contribution in [3.05, 3.63) is 23.8 Å². The molecule has 5 nitrogen and oxygen atoms in total. The van der Waals surface area contributed by atoms with E-state index in [4.69, 9.17) is 5.11 Å². The summed E-state index contributed by atoms with van der Waals surface area (Å²) in [5.41, 5.74) is -2.09. The third-order valence-corrected chi connectivity index (χ3v) is 3.09. The normalized spacial score (nSPS) is 15.6. The van der Waals surface area contributed by atoms with Crippen LogP contribution in [0.25, 0.3) is 0 Å². The molecule has 0 bridgehead atoms. The first-order valence-electron chi connectivity index (χ1n) is 4.95. The monoisotopic (exact) mass is 224 g/mol. The number of aromatic nitrogens is 2. The molecule has 1 rings (SSSR count). The van der Waals surface area contributed by atoms with Crippen LogP contribution < -0.4 is 0 Å². The van der Waals surface area contributed by atoms with Crippen LogP contribution in [0, 0.1) is 12.3 Å². The molecule has 1 aromatic rings. The average molecular weight is 224 g/mol. The first-order chi connectivity index (χ1) is 7.21. The number of nitrogens with zero attached hydrogens (tertiary/aromatic N) is 2. The highest BCUT2D eigenvalue weighted by molar-refractivity contribution is 5.75. The summed E-state index contributed by atoms with van der Waals surface area (Å²) in [6.45, 7) is 6.06. The summed E-state index contributed by atoms with van der Waals surface area (Å²) < 4.78 is 0. The van der Waals surface area contributed by atoms with Gasteiger partial charge in [-0.1, -0.05) is 0 Å². The van der Waals surface area contributed by atoms with Gasteiger partial charge in [0.25, 0.3) is 0 Å². The van der Waals surface area contributed by atoms with Gasteiger partial charge in [0, 0.05) is 12.4 Å². The standard InChI is InChI=1S/C11H16N2O3/c1-7-8(13-6-5-12-7)11(4,16)10(2,3)9(14)15/h5-6,16H,1-4H3,(H,14,15). The lowest BCUT2D eigenvalue weighted by atomic mass is 9.73. The zero-order valence-corrected chi connectivity index (χ0v) is 9.85. The summed E-state index contributed by atoms with van der Waals surface area (Å²) in [6, 6.07) is 0. The molecule has 0 aliphatic carbocycles. The zero-order chi connectivity index (χ0) is 12.6. The van der Waals surface area contributed by atoms with Crippen LogP contribution in [0.1, 0.15) is 32.2 Å². The molecule has 0 fully saturated rings.